The average Bonchev–Trinajstić information content (AvgIpc) is 2.92. The molecule has 0 saturated heterocycles. The molecule has 3 aromatic rings. The van der Waals surface area contributed by atoms with Crippen molar-refractivity contribution in [2.75, 3.05) is 12.4 Å². The molecule has 0 spiro atoms. The number of fused-ring (bicyclic) bond motifs is 2. The van der Waals surface area contributed by atoms with Crippen molar-refractivity contribution in [2.24, 2.45) is 4.40 Å². The van der Waals surface area contributed by atoms with Crippen molar-refractivity contribution in [3.63, 3.8) is 0 Å². The maximum Gasteiger partial charge on any atom is 0.285 e. The van der Waals surface area contributed by atoms with Gasteiger partial charge in [0.05, 0.1) is 23.2 Å². The molecule has 0 aliphatic carbocycles. The summed E-state index contributed by atoms with van der Waals surface area (Å²) in [4.78, 5) is 14.4. The van der Waals surface area contributed by atoms with Crippen molar-refractivity contribution in [3.8, 4) is 5.75 Å². The first-order valence-corrected chi connectivity index (χ1v) is 9.17. The normalized spacial score (nSPS) is 14.5. The molecule has 1 aliphatic heterocycles. The monoisotopic (exact) mass is 384 g/mol. The molecule has 10 heteroatoms. The smallest absolute Gasteiger partial charge is 0.285 e. The summed E-state index contributed by atoms with van der Waals surface area (Å²) in [6.07, 6.45) is 1.64. The third-order valence-corrected chi connectivity index (χ3v) is 5.45. The van der Waals surface area contributed by atoms with Gasteiger partial charge in [-0.1, -0.05) is 0 Å². The van der Waals surface area contributed by atoms with Gasteiger partial charge in [-0.05, 0) is 30.3 Å². The molecule has 0 atom stereocenters. The molecular formula is C17H12N4O5S. The lowest BCUT2D eigenvalue weighted by atomic mass is 10.1. The van der Waals surface area contributed by atoms with E-state index in [1.807, 2.05) is 6.07 Å². The summed E-state index contributed by atoms with van der Waals surface area (Å²) in [5.74, 6) is 0.542. The minimum Gasteiger partial charge on any atom is -0.495 e. The fourth-order valence-corrected chi connectivity index (χ4v) is 4.09. The molecule has 4 rings (SSSR count). The van der Waals surface area contributed by atoms with E-state index in [-0.39, 0.29) is 22.0 Å². The molecule has 1 aliphatic rings. The number of nitrogens with one attached hydrogen (secondary N) is 1. The number of nitro benzene ring substituents is 1. The van der Waals surface area contributed by atoms with Crippen LogP contribution in [0.4, 0.5) is 11.4 Å². The van der Waals surface area contributed by atoms with Crippen LogP contribution in [0.15, 0.2) is 58.0 Å². The van der Waals surface area contributed by atoms with Gasteiger partial charge >= 0.3 is 0 Å². The molecule has 27 heavy (non-hydrogen) atoms. The van der Waals surface area contributed by atoms with E-state index >= 15 is 0 Å². The minimum absolute atomic E-state index is 0.0644. The van der Waals surface area contributed by atoms with Gasteiger partial charge in [0.1, 0.15) is 10.6 Å². The Bertz CT molecular complexity index is 1240. The molecule has 0 unspecified atom stereocenters. The number of hydrogen-bond acceptors (Lipinski definition) is 7. The van der Waals surface area contributed by atoms with Gasteiger partial charge < -0.3 is 10.1 Å². The molecule has 0 amide bonds. The summed E-state index contributed by atoms with van der Waals surface area (Å²) in [7, 11) is -2.55. The van der Waals surface area contributed by atoms with Gasteiger partial charge in [0, 0.05) is 29.3 Å². The average molecular weight is 384 g/mol. The van der Waals surface area contributed by atoms with E-state index in [0.29, 0.717) is 22.3 Å². The Balaban J connectivity index is 1.86. The van der Waals surface area contributed by atoms with E-state index in [0.717, 1.165) is 6.07 Å². The number of ether oxygens (including phenoxy) is 1. The van der Waals surface area contributed by atoms with Gasteiger partial charge in [0.25, 0.3) is 15.7 Å². The maximum atomic E-state index is 12.4. The maximum absolute atomic E-state index is 12.4. The summed E-state index contributed by atoms with van der Waals surface area (Å²) in [5.41, 5.74) is 1.12. The molecular weight excluding hydrogens is 372 g/mol. The summed E-state index contributed by atoms with van der Waals surface area (Å²) < 4.78 is 33.8. The molecule has 0 radical (unpaired) electrons. The van der Waals surface area contributed by atoms with E-state index in [9.17, 15) is 18.5 Å². The number of hydrogen-bond donors (Lipinski definition) is 1. The largest absolute Gasteiger partial charge is 0.495 e. The van der Waals surface area contributed by atoms with Gasteiger partial charge in [0.2, 0.25) is 0 Å². The number of nitro groups is 1. The van der Waals surface area contributed by atoms with Crippen LogP contribution in [-0.4, -0.2) is 31.3 Å². The first-order chi connectivity index (χ1) is 12.9. The molecule has 2 aromatic carbocycles. The van der Waals surface area contributed by atoms with Crippen LogP contribution in [0.3, 0.4) is 0 Å². The first kappa shape index (κ1) is 16.9. The molecule has 136 valence electrons. The Kier molecular flexibility index (Phi) is 3.77. The quantitative estimate of drug-likeness (QED) is 0.544. The second-order valence-electron chi connectivity index (χ2n) is 5.69. The molecule has 0 bridgehead atoms. The van der Waals surface area contributed by atoms with Gasteiger partial charge in [-0.25, -0.2) is 0 Å². The van der Waals surface area contributed by atoms with Crippen molar-refractivity contribution in [3.05, 3.63) is 64.3 Å². The van der Waals surface area contributed by atoms with Crippen LogP contribution in [-0.2, 0) is 10.0 Å². The van der Waals surface area contributed by atoms with Crippen molar-refractivity contribution in [1.82, 2.24) is 4.98 Å². The Morgan fingerprint density at radius 3 is 2.74 bits per heavy atom. The molecule has 9 nitrogen and oxygen atoms in total. The standard InChI is InChI=1S/C17H12N4O5S/c1-26-14-7-6-13-11(3-2-8-18-13)16(14)19-17-12-5-4-10(21(22)23)9-15(12)27(24,25)20-17/h2-9H,1H3,(H,19,20). The first-order valence-electron chi connectivity index (χ1n) is 7.73. The van der Waals surface area contributed by atoms with Crippen LogP contribution < -0.4 is 10.1 Å². The number of sulfonamides is 1. The van der Waals surface area contributed by atoms with Crippen LogP contribution >= 0.6 is 0 Å². The van der Waals surface area contributed by atoms with E-state index in [4.69, 9.17) is 4.74 Å². The predicted octanol–water partition coefficient (Wildman–Crippen LogP) is 2.71. The summed E-state index contributed by atoms with van der Waals surface area (Å²) in [6, 6.07) is 10.6. The third-order valence-electron chi connectivity index (χ3n) is 4.13. The van der Waals surface area contributed by atoms with Crippen molar-refractivity contribution >= 4 is 38.1 Å². The zero-order valence-corrected chi connectivity index (χ0v) is 14.7. The molecule has 1 aromatic heterocycles. The van der Waals surface area contributed by atoms with Crippen LogP contribution in [0.1, 0.15) is 5.56 Å². The lowest BCUT2D eigenvalue weighted by Crippen LogP contribution is -2.13. The zero-order chi connectivity index (χ0) is 19.2. The third kappa shape index (κ3) is 2.75. The summed E-state index contributed by atoms with van der Waals surface area (Å²) >= 11 is 0. The summed E-state index contributed by atoms with van der Waals surface area (Å²) in [5, 5.41) is 14.7. The molecule has 0 saturated carbocycles. The van der Waals surface area contributed by atoms with E-state index in [2.05, 4.69) is 14.7 Å². The van der Waals surface area contributed by atoms with Gasteiger partial charge in [-0.3, -0.25) is 15.1 Å². The Morgan fingerprint density at radius 2 is 2.00 bits per heavy atom. The fourth-order valence-electron chi connectivity index (χ4n) is 2.89. The van der Waals surface area contributed by atoms with Crippen molar-refractivity contribution < 1.29 is 18.1 Å². The molecule has 2 heterocycles. The number of rotatable bonds is 3. The number of amidine groups is 1. The number of non-ortho nitro benzene ring substituents is 1. The van der Waals surface area contributed by atoms with Crippen LogP contribution in [0.2, 0.25) is 0 Å². The predicted molar refractivity (Wildman–Crippen MR) is 98.7 cm³/mol. The lowest BCUT2D eigenvalue weighted by molar-refractivity contribution is -0.385. The van der Waals surface area contributed by atoms with Gasteiger partial charge in [-0.2, -0.15) is 8.42 Å². The SMILES string of the molecule is COc1ccc2ncccc2c1NC1=NS(=O)(=O)c2cc([N+](=O)[O-])ccc21. The highest BCUT2D eigenvalue weighted by atomic mass is 32.2. The van der Waals surface area contributed by atoms with E-state index in [1.165, 1.54) is 19.2 Å². The lowest BCUT2D eigenvalue weighted by Gasteiger charge is -2.13. The van der Waals surface area contributed by atoms with E-state index in [1.54, 1.807) is 24.4 Å². The number of anilines is 1. The minimum atomic E-state index is -4.04. The second kappa shape index (κ2) is 6.02. The second-order valence-corrected chi connectivity index (χ2v) is 7.26. The number of pyridine rings is 1. The zero-order valence-electron chi connectivity index (χ0n) is 13.9. The number of benzene rings is 2. The van der Waals surface area contributed by atoms with Crippen LogP contribution in [0.5, 0.6) is 5.75 Å². The van der Waals surface area contributed by atoms with Gasteiger partial charge in [0.15, 0.2) is 5.84 Å². The highest BCUT2D eigenvalue weighted by Gasteiger charge is 2.31. The highest BCUT2D eigenvalue weighted by Crippen LogP contribution is 2.35. The Labute approximate surface area is 153 Å². The topological polar surface area (TPSA) is 124 Å². The molecule has 0 fully saturated rings. The van der Waals surface area contributed by atoms with Crippen molar-refractivity contribution in [1.29, 1.82) is 0 Å². The van der Waals surface area contributed by atoms with Crippen LogP contribution in [0, 0.1) is 10.1 Å². The van der Waals surface area contributed by atoms with Crippen LogP contribution in [0.25, 0.3) is 10.9 Å². The number of aromatic nitrogens is 1. The number of nitrogens with zero attached hydrogens (tertiary/aromatic N) is 3. The highest BCUT2D eigenvalue weighted by molar-refractivity contribution is 7.90. The summed E-state index contributed by atoms with van der Waals surface area (Å²) in [6.45, 7) is 0. The fraction of sp³-hybridized carbons (Fsp3) is 0.0588. The number of methoxy groups -OCH3 is 1. The van der Waals surface area contributed by atoms with E-state index < -0.39 is 14.9 Å². The Morgan fingerprint density at radius 1 is 1.19 bits per heavy atom. The van der Waals surface area contributed by atoms with Crippen molar-refractivity contribution in [2.45, 2.75) is 4.90 Å². The molecule has 1 N–H and O–H groups in total. The Hall–Kier alpha value is -3.53. The van der Waals surface area contributed by atoms with Gasteiger partial charge in [-0.15, -0.1) is 4.40 Å².